The monoisotopic (exact) mass is 508 g/mol. The Hall–Kier alpha value is -3.32. The number of nitrogen functional groups attached to an aromatic ring is 2. The number of hydrogen-bond acceptors (Lipinski definition) is 7. The van der Waals surface area contributed by atoms with Gasteiger partial charge in [-0.25, -0.2) is 9.59 Å². The van der Waals surface area contributed by atoms with E-state index in [2.05, 4.69) is 6.92 Å². The van der Waals surface area contributed by atoms with Crippen LogP contribution in [0.1, 0.15) is 86.2 Å². The summed E-state index contributed by atoms with van der Waals surface area (Å²) in [6.07, 6.45) is 10.3. The lowest BCUT2D eigenvalue weighted by atomic mass is 9.95. The minimum atomic E-state index is -0.447. The number of carbonyl (C=O) groups excluding carboxylic acids is 2. The Morgan fingerprint density at radius 1 is 0.973 bits per heavy atom. The highest BCUT2D eigenvalue weighted by atomic mass is 16.5. The van der Waals surface area contributed by atoms with Gasteiger partial charge >= 0.3 is 11.9 Å². The van der Waals surface area contributed by atoms with Crippen molar-refractivity contribution in [2.75, 3.05) is 24.7 Å². The minimum absolute atomic E-state index is 0.0400. The fraction of sp³-hybridized carbons (Fsp3) is 0.467. The lowest BCUT2D eigenvalue weighted by Gasteiger charge is -2.28. The number of carbonyl (C=O) groups is 2. The predicted molar refractivity (Wildman–Crippen MR) is 147 cm³/mol. The Balaban J connectivity index is 1.39. The summed E-state index contributed by atoms with van der Waals surface area (Å²) in [5.41, 5.74) is 15.0. The van der Waals surface area contributed by atoms with Crippen molar-refractivity contribution < 1.29 is 23.8 Å². The summed E-state index contributed by atoms with van der Waals surface area (Å²) in [6, 6.07) is 12.3. The van der Waals surface area contributed by atoms with Crippen LogP contribution in [0.2, 0.25) is 0 Å². The van der Waals surface area contributed by atoms with E-state index in [0.717, 1.165) is 49.8 Å². The molecule has 0 aromatic heterocycles. The third-order valence-corrected chi connectivity index (χ3v) is 6.60. The van der Waals surface area contributed by atoms with Gasteiger partial charge in [0.05, 0.1) is 18.3 Å². The summed E-state index contributed by atoms with van der Waals surface area (Å²) >= 11 is 0. The molecule has 1 atom stereocenters. The molecule has 2 aromatic rings. The normalized spacial score (nSPS) is 18.4. The van der Waals surface area contributed by atoms with E-state index >= 15 is 0 Å². The molecular formula is C30H40N2O5. The van der Waals surface area contributed by atoms with Crippen molar-refractivity contribution in [2.24, 2.45) is 0 Å². The van der Waals surface area contributed by atoms with Gasteiger partial charge in [-0.05, 0) is 79.6 Å². The molecule has 7 nitrogen and oxygen atoms in total. The number of hydrogen-bond donors (Lipinski definition) is 2. The van der Waals surface area contributed by atoms with Crippen molar-refractivity contribution in [3.63, 3.8) is 0 Å². The zero-order valence-electron chi connectivity index (χ0n) is 22.0. The first-order valence-electron chi connectivity index (χ1n) is 13.3. The fourth-order valence-corrected chi connectivity index (χ4v) is 4.37. The summed E-state index contributed by atoms with van der Waals surface area (Å²) < 4.78 is 17.0. The van der Waals surface area contributed by atoms with Crippen LogP contribution >= 0.6 is 0 Å². The molecule has 1 aliphatic rings. The highest BCUT2D eigenvalue weighted by Gasteiger charge is 2.24. The van der Waals surface area contributed by atoms with Gasteiger partial charge in [0, 0.05) is 30.0 Å². The van der Waals surface area contributed by atoms with Gasteiger partial charge in [0.15, 0.2) is 0 Å². The summed E-state index contributed by atoms with van der Waals surface area (Å²) in [5, 5.41) is 0. The first kappa shape index (κ1) is 28.3. The topological polar surface area (TPSA) is 114 Å². The van der Waals surface area contributed by atoms with Gasteiger partial charge in [-0.15, -0.1) is 0 Å². The minimum Gasteiger partial charge on any atom is -0.462 e. The average molecular weight is 509 g/mol. The highest BCUT2D eigenvalue weighted by molar-refractivity contribution is 5.90. The molecule has 1 aliphatic carbocycles. The predicted octanol–water partition coefficient (Wildman–Crippen LogP) is 5.89. The van der Waals surface area contributed by atoms with Gasteiger partial charge in [-0.1, -0.05) is 38.8 Å². The van der Waals surface area contributed by atoms with Gasteiger partial charge < -0.3 is 25.7 Å². The van der Waals surface area contributed by atoms with Crippen molar-refractivity contribution in [1.29, 1.82) is 0 Å². The number of unbranched alkanes of at least 4 members (excludes halogenated alkanes) is 2. The van der Waals surface area contributed by atoms with Gasteiger partial charge in [0.2, 0.25) is 0 Å². The van der Waals surface area contributed by atoms with Crippen LogP contribution in [-0.4, -0.2) is 37.4 Å². The molecular weight excluding hydrogens is 468 g/mol. The van der Waals surface area contributed by atoms with Gasteiger partial charge in [-0.3, -0.25) is 0 Å². The molecule has 4 N–H and O–H groups in total. The molecule has 0 heterocycles. The van der Waals surface area contributed by atoms with Crippen LogP contribution in [0.25, 0.3) is 6.08 Å². The van der Waals surface area contributed by atoms with E-state index in [9.17, 15) is 9.59 Å². The third kappa shape index (κ3) is 9.57. The summed E-state index contributed by atoms with van der Waals surface area (Å²) in [6.45, 7) is 5.16. The standard InChI is InChI=1S/C30H40N2O5/c1-3-4-5-16-35-27-11-13-28(14-12-27)37-30(34)23-9-6-22(7-10-23)8-15-29(33)36-20-21(2)24-17-25(31)19-26(32)18-24/h6-10,15,17-19,21,27-28H,3-5,11-14,16,20,31-32H2,1-2H3. The van der Waals surface area contributed by atoms with Crippen LogP contribution < -0.4 is 11.5 Å². The number of anilines is 2. The molecule has 0 amide bonds. The van der Waals surface area contributed by atoms with Crippen LogP contribution in [0.15, 0.2) is 48.5 Å². The molecule has 2 aromatic carbocycles. The Morgan fingerprint density at radius 2 is 1.62 bits per heavy atom. The number of ether oxygens (including phenoxy) is 3. The Morgan fingerprint density at radius 3 is 2.27 bits per heavy atom. The molecule has 1 saturated carbocycles. The van der Waals surface area contributed by atoms with E-state index in [1.165, 1.54) is 18.9 Å². The van der Waals surface area contributed by atoms with E-state index in [1.807, 2.05) is 19.1 Å². The van der Waals surface area contributed by atoms with Crippen LogP contribution in [0.5, 0.6) is 0 Å². The summed E-state index contributed by atoms with van der Waals surface area (Å²) in [7, 11) is 0. The zero-order valence-corrected chi connectivity index (χ0v) is 22.0. The number of nitrogens with two attached hydrogens (primary N) is 2. The summed E-state index contributed by atoms with van der Waals surface area (Å²) in [4.78, 5) is 24.7. The Bertz CT molecular complexity index is 1020. The largest absolute Gasteiger partial charge is 0.462 e. The second kappa shape index (κ2) is 14.4. The number of benzene rings is 2. The molecule has 3 rings (SSSR count). The van der Waals surface area contributed by atoms with Crippen LogP contribution in [0, 0.1) is 0 Å². The number of rotatable bonds is 12. The maximum absolute atomic E-state index is 12.6. The first-order chi connectivity index (χ1) is 17.8. The van der Waals surface area contributed by atoms with Gasteiger partial charge in [-0.2, -0.15) is 0 Å². The Kier molecular flexibility index (Phi) is 11.0. The lowest BCUT2D eigenvalue weighted by Crippen LogP contribution is -2.28. The van der Waals surface area contributed by atoms with E-state index in [4.69, 9.17) is 25.7 Å². The van der Waals surface area contributed by atoms with E-state index in [0.29, 0.717) is 16.9 Å². The molecule has 1 unspecified atom stereocenters. The lowest BCUT2D eigenvalue weighted by molar-refractivity contribution is -0.138. The van der Waals surface area contributed by atoms with Gasteiger partial charge in [0.1, 0.15) is 6.10 Å². The van der Waals surface area contributed by atoms with Crippen molar-refractivity contribution in [3.8, 4) is 0 Å². The Labute approximate surface area is 220 Å². The second-order valence-corrected chi connectivity index (χ2v) is 9.80. The smallest absolute Gasteiger partial charge is 0.338 e. The SMILES string of the molecule is CCCCCOC1CCC(OC(=O)c2ccc(C=CC(=O)OCC(C)c3cc(N)cc(N)c3)cc2)CC1. The molecule has 0 aliphatic heterocycles. The summed E-state index contributed by atoms with van der Waals surface area (Å²) in [5.74, 6) is -0.808. The fourth-order valence-electron chi connectivity index (χ4n) is 4.37. The van der Waals surface area contributed by atoms with Gasteiger partial charge in [0.25, 0.3) is 0 Å². The average Bonchev–Trinajstić information content (AvgIpc) is 2.89. The van der Waals surface area contributed by atoms with Crippen molar-refractivity contribution in [3.05, 3.63) is 65.2 Å². The van der Waals surface area contributed by atoms with Crippen LogP contribution in [0.3, 0.4) is 0 Å². The zero-order chi connectivity index (χ0) is 26.6. The van der Waals surface area contributed by atoms with Crippen molar-refractivity contribution >= 4 is 29.4 Å². The van der Waals surface area contributed by atoms with E-state index in [1.54, 1.807) is 36.4 Å². The van der Waals surface area contributed by atoms with Crippen LogP contribution in [0.4, 0.5) is 11.4 Å². The third-order valence-electron chi connectivity index (χ3n) is 6.60. The number of esters is 2. The molecule has 1 fully saturated rings. The van der Waals surface area contributed by atoms with Crippen molar-refractivity contribution in [2.45, 2.75) is 76.9 Å². The quantitative estimate of drug-likeness (QED) is 0.159. The van der Waals surface area contributed by atoms with E-state index in [-0.39, 0.29) is 30.7 Å². The maximum atomic E-state index is 12.6. The first-order valence-corrected chi connectivity index (χ1v) is 13.3. The molecule has 200 valence electrons. The molecule has 0 radical (unpaired) electrons. The molecule has 37 heavy (non-hydrogen) atoms. The van der Waals surface area contributed by atoms with Crippen molar-refractivity contribution in [1.82, 2.24) is 0 Å². The second-order valence-electron chi connectivity index (χ2n) is 9.80. The molecule has 0 saturated heterocycles. The molecule has 7 heteroatoms. The molecule has 0 bridgehead atoms. The van der Waals surface area contributed by atoms with Crippen LogP contribution in [-0.2, 0) is 19.0 Å². The maximum Gasteiger partial charge on any atom is 0.338 e. The molecule has 0 spiro atoms. The highest BCUT2D eigenvalue weighted by Crippen LogP contribution is 2.25. The van der Waals surface area contributed by atoms with E-state index < -0.39 is 5.97 Å².